The number of rotatable bonds is 9. The fourth-order valence-electron chi connectivity index (χ4n) is 2.92. The van der Waals surface area contributed by atoms with Gasteiger partial charge in [-0.05, 0) is 49.1 Å². The highest BCUT2D eigenvalue weighted by atomic mass is 16.5. The molecule has 30 heavy (non-hydrogen) atoms. The minimum absolute atomic E-state index is 0.198. The van der Waals surface area contributed by atoms with Crippen molar-refractivity contribution >= 4 is 5.91 Å². The third kappa shape index (κ3) is 4.53. The van der Waals surface area contributed by atoms with Crippen molar-refractivity contribution in [3.05, 3.63) is 54.2 Å². The molecule has 0 unspecified atom stereocenters. The van der Waals surface area contributed by atoms with Crippen LogP contribution in [0.2, 0.25) is 0 Å². The van der Waals surface area contributed by atoms with E-state index in [1.165, 1.54) is 32.4 Å². The summed E-state index contributed by atoms with van der Waals surface area (Å²) in [5.41, 5.74) is 1.58. The number of carbonyl (C=O) groups is 1. The van der Waals surface area contributed by atoms with Gasteiger partial charge in [0.05, 0.1) is 33.1 Å². The number of hydrogen-bond donors (Lipinski definition) is 1. The van der Waals surface area contributed by atoms with Gasteiger partial charge in [-0.15, -0.1) is 0 Å². The number of amides is 1. The van der Waals surface area contributed by atoms with Gasteiger partial charge in [-0.2, -0.15) is 0 Å². The minimum atomic E-state index is -0.350. The van der Waals surface area contributed by atoms with Crippen molar-refractivity contribution in [2.75, 3.05) is 20.8 Å². The van der Waals surface area contributed by atoms with E-state index in [1.54, 1.807) is 19.2 Å². The Kier molecular flexibility index (Phi) is 5.83. The summed E-state index contributed by atoms with van der Waals surface area (Å²) in [4.78, 5) is 20.9. The van der Waals surface area contributed by atoms with Gasteiger partial charge >= 0.3 is 0 Å². The first-order chi connectivity index (χ1) is 14.7. The summed E-state index contributed by atoms with van der Waals surface area (Å²) in [6.45, 7) is 0.878. The molecule has 156 valence electrons. The number of nitrogens with zero attached hydrogens (tertiary/aromatic N) is 2. The molecule has 0 aliphatic heterocycles. The first-order valence-electron chi connectivity index (χ1n) is 9.70. The third-order valence-corrected chi connectivity index (χ3v) is 4.77. The Balaban J connectivity index is 1.43. The normalized spacial score (nSPS) is 13.0. The number of oxazole rings is 1. The van der Waals surface area contributed by atoms with Crippen LogP contribution in [-0.2, 0) is 6.54 Å². The first-order valence-corrected chi connectivity index (χ1v) is 9.70. The maximum atomic E-state index is 12.4. The smallest absolute Gasteiger partial charge is 0.274 e. The predicted molar refractivity (Wildman–Crippen MR) is 109 cm³/mol. The summed E-state index contributed by atoms with van der Waals surface area (Å²) >= 11 is 0. The van der Waals surface area contributed by atoms with Crippen molar-refractivity contribution in [3.63, 3.8) is 0 Å². The molecule has 0 atom stereocenters. The second-order valence-corrected chi connectivity index (χ2v) is 7.00. The van der Waals surface area contributed by atoms with E-state index in [-0.39, 0.29) is 18.1 Å². The number of nitrogens with one attached hydrogen (secondary N) is 1. The van der Waals surface area contributed by atoms with Crippen LogP contribution in [0, 0.1) is 5.92 Å². The lowest BCUT2D eigenvalue weighted by atomic mass is 10.2. The van der Waals surface area contributed by atoms with Crippen molar-refractivity contribution in [1.82, 2.24) is 15.3 Å². The third-order valence-electron chi connectivity index (χ3n) is 4.77. The molecule has 2 heterocycles. The molecule has 1 saturated carbocycles. The average Bonchev–Trinajstić information content (AvgIpc) is 3.50. The maximum absolute atomic E-state index is 12.4. The van der Waals surface area contributed by atoms with E-state index >= 15 is 0 Å². The highest BCUT2D eigenvalue weighted by Gasteiger charge is 2.23. The van der Waals surface area contributed by atoms with Crippen LogP contribution >= 0.6 is 0 Å². The Labute approximate surface area is 174 Å². The number of benzene rings is 1. The maximum Gasteiger partial charge on any atom is 0.274 e. The topological polar surface area (TPSA) is 95.7 Å². The van der Waals surface area contributed by atoms with Crippen molar-refractivity contribution in [1.29, 1.82) is 0 Å². The van der Waals surface area contributed by atoms with Gasteiger partial charge in [0.2, 0.25) is 5.89 Å². The van der Waals surface area contributed by atoms with Gasteiger partial charge in [-0.3, -0.25) is 4.79 Å². The van der Waals surface area contributed by atoms with E-state index in [4.69, 9.17) is 18.6 Å². The molecule has 8 nitrogen and oxygen atoms in total. The van der Waals surface area contributed by atoms with Crippen LogP contribution < -0.4 is 19.5 Å². The molecule has 1 aromatic carbocycles. The summed E-state index contributed by atoms with van der Waals surface area (Å²) in [5.74, 6) is 2.46. The van der Waals surface area contributed by atoms with E-state index in [0.29, 0.717) is 41.4 Å². The number of ether oxygens (including phenoxy) is 3. The molecule has 0 bridgehead atoms. The number of pyridine rings is 1. The van der Waals surface area contributed by atoms with Gasteiger partial charge in [-0.25, -0.2) is 9.97 Å². The zero-order valence-electron chi connectivity index (χ0n) is 16.9. The number of carbonyl (C=O) groups excluding carboxylic acids is 1. The molecule has 0 saturated heterocycles. The predicted octanol–water partition coefficient (Wildman–Crippen LogP) is 3.47. The molecule has 1 N–H and O–H groups in total. The minimum Gasteiger partial charge on any atom is -0.494 e. The van der Waals surface area contributed by atoms with Gasteiger partial charge in [-0.1, -0.05) is 0 Å². The molecular formula is C22H23N3O5. The molecule has 4 rings (SSSR count). The first kappa shape index (κ1) is 19.8. The molecule has 1 aliphatic rings. The van der Waals surface area contributed by atoms with E-state index in [9.17, 15) is 4.79 Å². The van der Waals surface area contributed by atoms with Crippen LogP contribution in [0.3, 0.4) is 0 Å². The summed E-state index contributed by atoms with van der Waals surface area (Å²) in [6.07, 6.45) is 5.47. The molecular weight excluding hydrogens is 386 g/mol. The Morgan fingerprint density at radius 1 is 1.17 bits per heavy atom. The standard InChI is InChI=1S/C22H23N3O5/c1-27-17-8-7-15(10-19(17)29-12-14-5-6-14)22-25-16(13-30-22)11-24-21(26)20-18(28-2)4-3-9-23-20/h3-4,7-10,13-14H,5-6,11-12H2,1-2H3,(H,24,26). The van der Waals surface area contributed by atoms with Crippen LogP contribution in [0.15, 0.2) is 47.2 Å². The lowest BCUT2D eigenvalue weighted by Gasteiger charge is -2.11. The summed E-state index contributed by atoms with van der Waals surface area (Å²) < 4.78 is 22.1. The highest BCUT2D eigenvalue weighted by molar-refractivity contribution is 5.94. The molecule has 1 fully saturated rings. The lowest BCUT2D eigenvalue weighted by molar-refractivity contribution is 0.0942. The molecule has 1 amide bonds. The SMILES string of the molecule is COc1ccc(-c2nc(CNC(=O)c3ncccc3OC)co2)cc1OCC1CC1. The van der Waals surface area contributed by atoms with Crippen molar-refractivity contribution in [3.8, 4) is 28.7 Å². The lowest BCUT2D eigenvalue weighted by Crippen LogP contribution is -2.24. The Bertz CT molecular complexity index is 1030. The largest absolute Gasteiger partial charge is 0.494 e. The van der Waals surface area contributed by atoms with Crippen molar-refractivity contribution in [2.45, 2.75) is 19.4 Å². The summed E-state index contributed by atoms with van der Waals surface area (Å²) in [6, 6.07) is 8.93. The van der Waals surface area contributed by atoms with Gasteiger partial charge in [0.15, 0.2) is 17.2 Å². The second kappa shape index (κ2) is 8.86. The van der Waals surface area contributed by atoms with Crippen molar-refractivity contribution in [2.24, 2.45) is 5.92 Å². The second-order valence-electron chi connectivity index (χ2n) is 7.00. The Hall–Kier alpha value is -3.55. The summed E-state index contributed by atoms with van der Waals surface area (Å²) in [7, 11) is 3.11. The zero-order valence-corrected chi connectivity index (χ0v) is 16.9. The van der Waals surface area contributed by atoms with Crippen LogP contribution in [0.1, 0.15) is 29.0 Å². The van der Waals surface area contributed by atoms with Gasteiger partial charge < -0.3 is 23.9 Å². The summed E-state index contributed by atoms with van der Waals surface area (Å²) in [5, 5.41) is 2.78. The van der Waals surface area contributed by atoms with E-state index < -0.39 is 0 Å². The molecule has 0 radical (unpaired) electrons. The molecule has 1 aliphatic carbocycles. The number of hydrogen-bond acceptors (Lipinski definition) is 7. The molecule has 3 aromatic rings. The molecule has 8 heteroatoms. The molecule has 0 spiro atoms. The van der Waals surface area contributed by atoms with Crippen LogP contribution in [-0.4, -0.2) is 36.7 Å². The van der Waals surface area contributed by atoms with Gasteiger partial charge in [0.25, 0.3) is 5.91 Å². The van der Waals surface area contributed by atoms with Crippen LogP contribution in [0.4, 0.5) is 0 Å². The number of aromatic nitrogens is 2. The Morgan fingerprint density at radius 2 is 2.00 bits per heavy atom. The quantitative estimate of drug-likeness (QED) is 0.578. The van der Waals surface area contributed by atoms with E-state index in [2.05, 4.69) is 15.3 Å². The fourth-order valence-corrected chi connectivity index (χ4v) is 2.92. The average molecular weight is 409 g/mol. The van der Waals surface area contributed by atoms with E-state index in [0.717, 1.165) is 5.56 Å². The van der Waals surface area contributed by atoms with Gasteiger partial charge in [0.1, 0.15) is 12.0 Å². The van der Waals surface area contributed by atoms with Crippen LogP contribution in [0.5, 0.6) is 17.2 Å². The zero-order chi connectivity index (χ0) is 20.9. The Morgan fingerprint density at radius 3 is 2.77 bits per heavy atom. The number of methoxy groups -OCH3 is 2. The highest BCUT2D eigenvalue weighted by Crippen LogP contribution is 2.35. The fraction of sp³-hybridized carbons (Fsp3) is 0.318. The van der Waals surface area contributed by atoms with Crippen molar-refractivity contribution < 1.29 is 23.4 Å². The van der Waals surface area contributed by atoms with Gasteiger partial charge in [0, 0.05) is 11.8 Å². The monoisotopic (exact) mass is 409 g/mol. The molecule has 2 aromatic heterocycles. The van der Waals surface area contributed by atoms with Crippen LogP contribution in [0.25, 0.3) is 11.5 Å². The van der Waals surface area contributed by atoms with E-state index in [1.807, 2.05) is 18.2 Å².